The van der Waals surface area contributed by atoms with E-state index in [2.05, 4.69) is 28.1 Å². The van der Waals surface area contributed by atoms with Crippen LogP contribution in [0.3, 0.4) is 0 Å². The van der Waals surface area contributed by atoms with Crippen LogP contribution in [0, 0.1) is 42.4 Å². The van der Waals surface area contributed by atoms with Crippen molar-refractivity contribution >= 4 is 67.7 Å². The molecule has 3 aromatic carbocycles. The number of carbonyl (C=O) groups excluding carboxylic acids is 4. The molecule has 4 aliphatic carbocycles. The highest BCUT2D eigenvalue weighted by Gasteiger charge is 2.67. The minimum absolute atomic E-state index is 0.0518. The second kappa shape index (κ2) is 10.6. The summed E-state index contributed by atoms with van der Waals surface area (Å²) in [5, 5.41) is 11.0. The molecule has 3 fully saturated rings. The number of pyridine rings is 1. The first-order valence-corrected chi connectivity index (χ1v) is 16.3. The number of fused-ring (bicyclic) bond motifs is 1. The number of hydrogen-bond donors (Lipinski definition) is 1. The number of phenols is 1. The highest BCUT2D eigenvalue weighted by Crippen LogP contribution is 2.65. The molecule has 1 N–H and O–H groups in total. The van der Waals surface area contributed by atoms with Crippen molar-refractivity contribution in [2.75, 3.05) is 11.5 Å². The number of phenolic OH excluding ortho intramolecular Hbond substituents is 1. The normalized spacial score (nSPS) is 25.5. The Bertz CT molecular complexity index is 2020. The summed E-state index contributed by atoms with van der Waals surface area (Å²) in [7, 11) is 0. The number of allylic oxidation sites excluding steroid dienone is 2. The van der Waals surface area contributed by atoms with Crippen LogP contribution >= 0.6 is 27.5 Å². The number of hydrogen-bond acceptors (Lipinski definition) is 7. The Morgan fingerprint density at radius 2 is 1.63 bits per heavy atom. The number of nitrogens with zero attached hydrogens (tertiary/aromatic N) is 2. The summed E-state index contributed by atoms with van der Waals surface area (Å²) in [6, 6.07) is 16.3. The highest BCUT2D eigenvalue weighted by atomic mass is 79.9. The molecule has 2 bridgehead atoms. The number of aromatic hydroxyl groups is 1. The van der Waals surface area contributed by atoms with Gasteiger partial charge in [-0.15, -0.1) is 0 Å². The van der Waals surface area contributed by atoms with E-state index in [9.17, 15) is 24.3 Å². The molecule has 2 heterocycles. The molecule has 6 unspecified atom stereocenters. The third kappa shape index (κ3) is 4.36. The molecule has 1 saturated heterocycles. The molecule has 5 aliphatic rings. The summed E-state index contributed by atoms with van der Waals surface area (Å²) in [5.74, 6) is -0.993. The van der Waals surface area contributed by atoms with Crippen molar-refractivity contribution in [1.29, 1.82) is 0 Å². The van der Waals surface area contributed by atoms with Crippen LogP contribution in [0.4, 0.5) is 5.69 Å². The van der Waals surface area contributed by atoms with Gasteiger partial charge in [0.25, 0.3) is 0 Å². The van der Waals surface area contributed by atoms with Gasteiger partial charge in [-0.05, 0) is 94.9 Å². The topological polar surface area (TPSA) is 114 Å². The zero-order valence-electron chi connectivity index (χ0n) is 24.4. The molecule has 1 aliphatic heterocycles. The molecule has 2 amide bonds. The second-order valence-corrected chi connectivity index (χ2v) is 13.7. The Balaban J connectivity index is 1.11. The third-order valence-corrected chi connectivity index (χ3v) is 11.4. The van der Waals surface area contributed by atoms with E-state index in [-0.39, 0.29) is 52.4 Å². The number of anilines is 1. The van der Waals surface area contributed by atoms with Crippen molar-refractivity contribution in [2.45, 2.75) is 13.3 Å². The van der Waals surface area contributed by atoms with Crippen molar-refractivity contribution in [3.8, 4) is 17.0 Å². The molecule has 46 heavy (non-hydrogen) atoms. The lowest BCUT2D eigenvalue weighted by Gasteiger charge is -2.37. The quantitative estimate of drug-likeness (QED) is 0.101. The van der Waals surface area contributed by atoms with Crippen molar-refractivity contribution in [3.63, 3.8) is 0 Å². The van der Waals surface area contributed by atoms with Crippen LogP contribution in [0.1, 0.15) is 32.7 Å². The Morgan fingerprint density at radius 1 is 0.978 bits per heavy atom. The van der Waals surface area contributed by atoms with Crippen LogP contribution in [0.5, 0.6) is 5.75 Å². The first kappa shape index (κ1) is 29.1. The van der Waals surface area contributed by atoms with Crippen molar-refractivity contribution in [3.05, 3.63) is 99.0 Å². The predicted octanol–water partition coefficient (Wildman–Crippen LogP) is 6.93. The molecule has 9 rings (SSSR count). The van der Waals surface area contributed by atoms with Gasteiger partial charge in [-0.3, -0.25) is 19.3 Å². The van der Waals surface area contributed by atoms with Gasteiger partial charge in [-0.2, -0.15) is 0 Å². The lowest BCUT2D eigenvalue weighted by atomic mass is 9.63. The molecule has 10 heteroatoms. The van der Waals surface area contributed by atoms with Crippen LogP contribution in [0.15, 0.2) is 77.3 Å². The van der Waals surface area contributed by atoms with E-state index in [1.54, 1.807) is 55.5 Å². The van der Waals surface area contributed by atoms with Gasteiger partial charge in [0.05, 0.1) is 44.9 Å². The Morgan fingerprint density at radius 3 is 2.28 bits per heavy atom. The number of ether oxygens (including phenoxy) is 1. The minimum Gasteiger partial charge on any atom is -0.507 e. The fourth-order valence-corrected chi connectivity index (χ4v) is 8.44. The second-order valence-electron chi connectivity index (χ2n) is 12.5. The third-order valence-electron chi connectivity index (χ3n) is 10.1. The molecule has 8 nitrogen and oxygen atoms in total. The number of benzene rings is 3. The lowest BCUT2D eigenvalue weighted by molar-refractivity contribution is -0.124. The Labute approximate surface area is 277 Å². The van der Waals surface area contributed by atoms with Crippen molar-refractivity contribution in [1.82, 2.24) is 4.98 Å². The highest BCUT2D eigenvalue weighted by molar-refractivity contribution is 9.10. The van der Waals surface area contributed by atoms with Gasteiger partial charge in [0.1, 0.15) is 5.75 Å². The van der Waals surface area contributed by atoms with E-state index in [1.165, 1.54) is 17.0 Å². The summed E-state index contributed by atoms with van der Waals surface area (Å²) in [6.45, 7) is 1.22. The van der Waals surface area contributed by atoms with Gasteiger partial charge in [0.2, 0.25) is 17.6 Å². The van der Waals surface area contributed by atoms with Crippen LogP contribution in [0.2, 0.25) is 5.02 Å². The molecule has 230 valence electrons. The number of imide groups is 1. The monoisotopic (exact) mass is 696 g/mol. The van der Waals surface area contributed by atoms with E-state index < -0.39 is 18.4 Å². The number of aromatic nitrogens is 1. The van der Waals surface area contributed by atoms with Gasteiger partial charge >= 0.3 is 5.97 Å². The number of Topliss-reactive ketones (excluding diaryl/α,β-unsaturated/α-hetero) is 1. The van der Waals surface area contributed by atoms with Crippen molar-refractivity contribution < 1.29 is 29.0 Å². The van der Waals surface area contributed by atoms with Gasteiger partial charge in [0.15, 0.2) is 6.61 Å². The first-order valence-electron chi connectivity index (χ1n) is 15.1. The maximum atomic E-state index is 13.6. The molecule has 2 saturated carbocycles. The van der Waals surface area contributed by atoms with E-state index in [1.807, 2.05) is 0 Å². The predicted molar refractivity (Wildman–Crippen MR) is 175 cm³/mol. The number of esters is 1. The van der Waals surface area contributed by atoms with Crippen LogP contribution < -0.4 is 4.90 Å². The number of carbonyl (C=O) groups is 4. The molecule has 0 spiro atoms. The summed E-state index contributed by atoms with van der Waals surface area (Å²) < 4.78 is 6.00. The number of para-hydroxylation sites is 1. The number of amides is 2. The Kier molecular flexibility index (Phi) is 6.71. The van der Waals surface area contributed by atoms with Gasteiger partial charge in [0, 0.05) is 15.4 Å². The number of aryl methyl sites for hydroxylation is 1. The number of rotatable bonds is 6. The summed E-state index contributed by atoms with van der Waals surface area (Å²) >= 11 is 9.98. The SMILES string of the molecule is Cc1c(Cl)c(Br)cc2c(C(=O)OCC(=O)c3ccccc3O)cc(-c3ccc(N4C(=O)C5C6C=CC(C7CC67)C5C4=O)cc3)nc12. The largest absolute Gasteiger partial charge is 0.507 e. The lowest BCUT2D eigenvalue weighted by Crippen LogP contribution is -2.40. The van der Waals surface area contributed by atoms with E-state index in [0.29, 0.717) is 54.7 Å². The smallest absolute Gasteiger partial charge is 0.339 e. The van der Waals surface area contributed by atoms with Crippen molar-refractivity contribution in [2.24, 2.45) is 35.5 Å². The molecule has 1 aromatic heterocycles. The molecular formula is C36H26BrClN2O6. The molecule has 0 radical (unpaired) electrons. The van der Waals surface area contributed by atoms with E-state index in [4.69, 9.17) is 21.3 Å². The van der Waals surface area contributed by atoms with E-state index >= 15 is 0 Å². The summed E-state index contributed by atoms with van der Waals surface area (Å²) in [6.07, 6.45) is 5.41. The number of halogens is 2. The maximum absolute atomic E-state index is 13.6. The average Bonchev–Trinajstić information content (AvgIpc) is 3.84. The molecular weight excluding hydrogens is 672 g/mol. The zero-order chi connectivity index (χ0) is 32.0. The summed E-state index contributed by atoms with van der Waals surface area (Å²) in [4.78, 5) is 59.5. The minimum atomic E-state index is -0.750. The van der Waals surface area contributed by atoms with Gasteiger partial charge in [-0.25, -0.2) is 9.78 Å². The molecule has 4 aromatic rings. The maximum Gasteiger partial charge on any atom is 0.339 e. The molecule has 6 atom stereocenters. The first-order chi connectivity index (χ1) is 22.1. The summed E-state index contributed by atoms with van der Waals surface area (Å²) in [5.41, 5.74) is 2.93. The van der Waals surface area contributed by atoms with Crippen LogP contribution in [-0.2, 0) is 14.3 Å². The van der Waals surface area contributed by atoms with Gasteiger partial charge < -0.3 is 9.84 Å². The Hall–Kier alpha value is -4.34. The fourth-order valence-electron chi connectivity index (χ4n) is 7.77. The van der Waals surface area contributed by atoms with E-state index in [0.717, 1.165) is 6.42 Å². The van der Waals surface area contributed by atoms with Crippen LogP contribution in [-0.4, -0.2) is 40.3 Å². The average molecular weight is 698 g/mol. The zero-order valence-corrected chi connectivity index (χ0v) is 26.8. The van der Waals surface area contributed by atoms with Gasteiger partial charge in [-0.1, -0.05) is 48.0 Å². The number of ketones is 1. The fraction of sp³-hybridized carbons (Fsp3) is 0.250. The standard InChI is InChI=1S/C36H26BrClN2O6/c1-16-32(38)26(37)13-24-25(36(45)46-15-29(42)21-4-2-3-5-28(21)41)14-27(39-33(16)24)17-6-8-18(9-7-17)40-34(43)30-19-10-11-20(23-12-22(19)23)31(30)35(40)44/h2-11,13-14,19-20,22-23,30-31,41H,12,15H2,1H3. The van der Waals surface area contributed by atoms with Crippen LogP contribution in [0.25, 0.3) is 22.2 Å².